The Hall–Kier alpha value is -3.39. The van der Waals surface area contributed by atoms with Crippen LogP contribution >= 0.6 is 0 Å². The lowest BCUT2D eigenvalue weighted by molar-refractivity contribution is 0.0498. The number of carbonyl (C=O) groups is 1. The van der Waals surface area contributed by atoms with Crippen molar-refractivity contribution < 1.29 is 9.53 Å². The van der Waals surface area contributed by atoms with Gasteiger partial charge in [0, 0.05) is 0 Å². The van der Waals surface area contributed by atoms with Crippen LogP contribution in [0.4, 0.5) is 0 Å². The number of ether oxygens (including phenoxy) is 1. The molecule has 0 fully saturated rings. The van der Waals surface area contributed by atoms with Crippen LogP contribution in [0, 0.1) is 0 Å². The molecule has 2 nitrogen and oxygen atoms in total. The van der Waals surface area contributed by atoms with Gasteiger partial charge in [-0.1, -0.05) is 80.6 Å². The highest BCUT2D eigenvalue weighted by molar-refractivity contribution is 6.23. The zero-order valence-electron chi connectivity index (χ0n) is 19.4. The lowest BCUT2D eigenvalue weighted by Crippen LogP contribution is -2.07. The lowest BCUT2D eigenvalue weighted by Gasteiger charge is -2.14. The highest BCUT2D eigenvalue weighted by Gasteiger charge is 2.11. The van der Waals surface area contributed by atoms with Crippen molar-refractivity contribution in [2.45, 2.75) is 45.4 Å². The highest BCUT2D eigenvalue weighted by atomic mass is 16.5. The Labute approximate surface area is 195 Å². The first-order chi connectivity index (χ1) is 16.2. The first kappa shape index (κ1) is 21.5. The molecule has 0 aliphatic carbocycles. The summed E-state index contributed by atoms with van der Waals surface area (Å²) in [6, 6.07) is 27.8. The van der Waals surface area contributed by atoms with Crippen molar-refractivity contribution in [3.8, 4) is 0 Å². The molecule has 1 atom stereocenters. The smallest absolute Gasteiger partial charge is 0.338 e. The molecule has 0 aliphatic rings. The average molecular weight is 435 g/mol. The Bertz CT molecular complexity index is 1380. The van der Waals surface area contributed by atoms with E-state index in [0.29, 0.717) is 18.1 Å². The average Bonchev–Trinajstić information content (AvgIpc) is 2.87. The van der Waals surface area contributed by atoms with E-state index >= 15 is 0 Å². The number of rotatable bonds is 8. The number of unbranched alkanes of at least 4 members (excludes halogenated alkanes) is 1. The molecule has 166 valence electrons. The van der Waals surface area contributed by atoms with Gasteiger partial charge in [0.1, 0.15) is 0 Å². The molecule has 0 heterocycles. The second kappa shape index (κ2) is 9.23. The molecule has 5 aromatic carbocycles. The zero-order valence-corrected chi connectivity index (χ0v) is 19.4. The molecule has 0 radical (unpaired) electrons. The molecule has 5 aromatic rings. The van der Waals surface area contributed by atoms with Gasteiger partial charge in [-0.05, 0) is 87.2 Å². The molecule has 5 rings (SSSR count). The van der Waals surface area contributed by atoms with E-state index in [4.69, 9.17) is 4.74 Å². The number of esters is 1. The van der Waals surface area contributed by atoms with Gasteiger partial charge in [0.2, 0.25) is 0 Å². The molecule has 0 amide bonds. The van der Waals surface area contributed by atoms with E-state index in [-0.39, 0.29) is 5.97 Å². The molecular weight excluding hydrogens is 404 g/mol. The van der Waals surface area contributed by atoms with Gasteiger partial charge >= 0.3 is 5.97 Å². The summed E-state index contributed by atoms with van der Waals surface area (Å²) in [5.41, 5.74) is 3.27. The first-order valence-electron chi connectivity index (χ1n) is 12.1. The van der Waals surface area contributed by atoms with Crippen LogP contribution < -0.4 is 0 Å². The maximum Gasteiger partial charge on any atom is 0.338 e. The van der Waals surface area contributed by atoms with Crippen molar-refractivity contribution in [3.05, 3.63) is 95.6 Å². The summed E-state index contributed by atoms with van der Waals surface area (Å²) in [5, 5.41) is 7.97. The van der Waals surface area contributed by atoms with Crippen LogP contribution in [-0.4, -0.2) is 12.6 Å². The highest BCUT2D eigenvalue weighted by Crippen LogP contribution is 2.36. The standard InChI is InChI=1S/C31H30O2/c1-3-21(2)22-10-16-27(17-11-22)31(32)33-20-5-4-7-23-12-13-26-15-14-24-8-6-9-25-18-19-28(23)30(26)29(24)25/h6,8-19,21H,3-5,7,20H2,1-2H3. The third kappa shape index (κ3) is 4.18. The van der Waals surface area contributed by atoms with Crippen LogP contribution in [0.2, 0.25) is 0 Å². The molecular formula is C31H30O2. The van der Waals surface area contributed by atoms with Gasteiger partial charge in [-0.15, -0.1) is 0 Å². The molecule has 1 unspecified atom stereocenters. The Balaban J connectivity index is 1.21. The van der Waals surface area contributed by atoms with Crippen molar-refractivity contribution in [2.24, 2.45) is 0 Å². The Morgan fingerprint density at radius 3 is 2.18 bits per heavy atom. The van der Waals surface area contributed by atoms with Gasteiger partial charge in [0.25, 0.3) is 0 Å². The first-order valence-corrected chi connectivity index (χ1v) is 12.1. The monoisotopic (exact) mass is 434 g/mol. The summed E-state index contributed by atoms with van der Waals surface area (Å²) < 4.78 is 5.53. The fourth-order valence-electron chi connectivity index (χ4n) is 4.86. The van der Waals surface area contributed by atoms with Crippen LogP contribution in [0.3, 0.4) is 0 Å². The summed E-state index contributed by atoms with van der Waals surface area (Å²) in [6.07, 6.45) is 3.92. The quantitative estimate of drug-likeness (QED) is 0.139. The molecule has 33 heavy (non-hydrogen) atoms. The van der Waals surface area contributed by atoms with Gasteiger partial charge in [-0.3, -0.25) is 0 Å². The largest absolute Gasteiger partial charge is 0.462 e. The maximum atomic E-state index is 12.4. The van der Waals surface area contributed by atoms with Gasteiger partial charge in [0.15, 0.2) is 0 Å². The number of aryl methyl sites for hydroxylation is 1. The van der Waals surface area contributed by atoms with Crippen LogP contribution in [0.5, 0.6) is 0 Å². The third-order valence-electron chi connectivity index (χ3n) is 7.02. The zero-order chi connectivity index (χ0) is 22.8. The summed E-state index contributed by atoms with van der Waals surface area (Å²) in [6.45, 7) is 4.83. The number of hydrogen-bond acceptors (Lipinski definition) is 2. The Morgan fingerprint density at radius 1 is 0.788 bits per heavy atom. The minimum Gasteiger partial charge on any atom is -0.462 e. The second-order valence-electron chi connectivity index (χ2n) is 9.11. The molecule has 0 aliphatic heterocycles. The van der Waals surface area contributed by atoms with E-state index in [1.807, 2.05) is 24.3 Å². The van der Waals surface area contributed by atoms with Crippen LogP contribution in [0.15, 0.2) is 78.9 Å². The Morgan fingerprint density at radius 2 is 1.45 bits per heavy atom. The van der Waals surface area contributed by atoms with Gasteiger partial charge in [0.05, 0.1) is 12.2 Å². The summed E-state index contributed by atoms with van der Waals surface area (Å²) in [5.74, 6) is 0.281. The molecule has 2 heteroatoms. The second-order valence-corrected chi connectivity index (χ2v) is 9.11. The normalized spacial score (nSPS) is 12.5. The molecule has 0 N–H and O–H groups in total. The predicted molar refractivity (Wildman–Crippen MR) is 139 cm³/mol. The maximum absolute atomic E-state index is 12.4. The van der Waals surface area contributed by atoms with Crippen molar-refractivity contribution in [1.29, 1.82) is 0 Å². The van der Waals surface area contributed by atoms with Gasteiger partial charge in [-0.2, -0.15) is 0 Å². The molecule has 0 aromatic heterocycles. The number of hydrogen-bond donors (Lipinski definition) is 0. The Kier molecular flexibility index (Phi) is 6.00. The van der Waals surface area contributed by atoms with E-state index in [1.165, 1.54) is 43.4 Å². The fraction of sp³-hybridized carbons (Fsp3) is 0.258. The molecule has 0 saturated carbocycles. The molecule has 0 bridgehead atoms. The minimum absolute atomic E-state index is 0.228. The summed E-state index contributed by atoms with van der Waals surface area (Å²) in [4.78, 5) is 12.4. The van der Waals surface area contributed by atoms with Gasteiger partial charge in [-0.25, -0.2) is 4.79 Å². The minimum atomic E-state index is -0.228. The van der Waals surface area contributed by atoms with Crippen LogP contribution in [-0.2, 0) is 11.2 Å². The van der Waals surface area contributed by atoms with E-state index < -0.39 is 0 Å². The van der Waals surface area contributed by atoms with Crippen molar-refractivity contribution >= 4 is 38.3 Å². The van der Waals surface area contributed by atoms with E-state index in [1.54, 1.807) is 0 Å². The lowest BCUT2D eigenvalue weighted by atomic mass is 9.91. The topological polar surface area (TPSA) is 26.3 Å². The molecule has 0 spiro atoms. The molecule has 0 saturated heterocycles. The van der Waals surface area contributed by atoms with Crippen molar-refractivity contribution in [1.82, 2.24) is 0 Å². The SMILES string of the molecule is CCC(C)c1ccc(C(=O)OCCCCc2ccc3ccc4cccc5ccc2c3c45)cc1. The van der Waals surface area contributed by atoms with E-state index in [2.05, 4.69) is 68.4 Å². The van der Waals surface area contributed by atoms with Crippen LogP contribution in [0.25, 0.3) is 32.3 Å². The summed E-state index contributed by atoms with van der Waals surface area (Å²) in [7, 11) is 0. The summed E-state index contributed by atoms with van der Waals surface area (Å²) >= 11 is 0. The fourth-order valence-corrected chi connectivity index (χ4v) is 4.86. The van der Waals surface area contributed by atoms with Crippen LogP contribution in [0.1, 0.15) is 60.5 Å². The van der Waals surface area contributed by atoms with E-state index in [0.717, 1.165) is 25.7 Å². The number of carbonyl (C=O) groups excluding carboxylic acids is 1. The third-order valence-corrected chi connectivity index (χ3v) is 7.02. The van der Waals surface area contributed by atoms with E-state index in [9.17, 15) is 4.79 Å². The van der Waals surface area contributed by atoms with Crippen molar-refractivity contribution in [2.75, 3.05) is 6.61 Å². The van der Waals surface area contributed by atoms with Gasteiger partial charge < -0.3 is 4.74 Å². The predicted octanol–water partition coefficient (Wildman–Crippen LogP) is 8.28. The number of benzene rings is 5. The van der Waals surface area contributed by atoms with Crippen molar-refractivity contribution in [3.63, 3.8) is 0 Å².